The van der Waals surface area contributed by atoms with E-state index in [1.54, 1.807) is 20.1 Å². The zero-order valence-electron chi connectivity index (χ0n) is 19.8. The van der Waals surface area contributed by atoms with Gasteiger partial charge in [0.2, 0.25) is 0 Å². The Kier molecular flexibility index (Phi) is 7.47. The topological polar surface area (TPSA) is 77.0 Å². The third kappa shape index (κ3) is 5.39. The van der Waals surface area contributed by atoms with E-state index in [2.05, 4.69) is 15.1 Å². The van der Waals surface area contributed by atoms with Gasteiger partial charge in [-0.3, -0.25) is 4.79 Å². The summed E-state index contributed by atoms with van der Waals surface area (Å²) in [5.74, 6) is 2.88. The van der Waals surface area contributed by atoms with Crippen molar-refractivity contribution in [2.24, 2.45) is 0 Å². The number of hydrogen-bond acceptors (Lipinski definition) is 7. The highest BCUT2D eigenvalue weighted by Crippen LogP contribution is 2.28. The number of ether oxygens (including phenoxy) is 3. The number of anilines is 1. The Labute approximate surface area is 200 Å². The minimum absolute atomic E-state index is 0.0286. The average molecular weight is 463 g/mol. The molecule has 0 radical (unpaired) electrons. The van der Waals surface area contributed by atoms with E-state index < -0.39 is 6.10 Å². The van der Waals surface area contributed by atoms with Crippen molar-refractivity contribution in [1.82, 2.24) is 15.1 Å². The summed E-state index contributed by atoms with van der Waals surface area (Å²) in [7, 11) is 1.64. The average Bonchev–Trinajstić information content (AvgIpc) is 2.89. The molecule has 0 spiro atoms. The van der Waals surface area contributed by atoms with E-state index in [9.17, 15) is 4.79 Å². The van der Waals surface area contributed by atoms with Crippen molar-refractivity contribution in [2.45, 2.75) is 20.0 Å². The van der Waals surface area contributed by atoms with E-state index in [0.29, 0.717) is 38.5 Å². The van der Waals surface area contributed by atoms with Crippen LogP contribution in [0.5, 0.6) is 17.2 Å². The van der Waals surface area contributed by atoms with Crippen molar-refractivity contribution in [1.29, 1.82) is 0 Å². The number of carbonyl (C=O) groups excluding carboxylic acids is 1. The quantitative estimate of drug-likeness (QED) is 0.506. The van der Waals surface area contributed by atoms with Gasteiger partial charge < -0.3 is 24.0 Å². The molecule has 1 saturated heterocycles. The highest BCUT2D eigenvalue weighted by molar-refractivity contribution is 5.81. The summed E-state index contributed by atoms with van der Waals surface area (Å²) in [5.41, 5.74) is 1.66. The fraction of sp³-hybridized carbons (Fsp3) is 0.346. The second kappa shape index (κ2) is 10.9. The molecule has 1 atom stereocenters. The summed E-state index contributed by atoms with van der Waals surface area (Å²) >= 11 is 0. The minimum atomic E-state index is -0.580. The Morgan fingerprint density at radius 1 is 0.971 bits per heavy atom. The van der Waals surface area contributed by atoms with Gasteiger partial charge in [0.15, 0.2) is 11.9 Å². The maximum absolute atomic E-state index is 12.9. The molecule has 4 rings (SSSR count). The van der Waals surface area contributed by atoms with E-state index in [1.807, 2.05) is 66.4 Å². The highest BCUT2D eigenvalue weighted by Gasteiger charge is 2.27. The molecule has 1 amide bonds. The van der Waals surface area contributed by atoms with Crippen LogP contribution in [0.4, 0.5) is 5.82 Å². The summed E-state index contributed by atoms with van der Waals surface area (Å²) in [5, 5.41) is 8.82. The van der Waals surface area contributed by atoms with Crippen molar-refractivity contribution in [2.75, 3.05) is 44.8 Å². The van der Waals surface area contributed by atoms with Gasteiger partial charge in [0.05, 0.1) is 19.4 Å². The zero-order valence-corrected chi connectivity index (χ0v) is 19.8. The number of benzene rings is 2. The molecule has 178 valence electrons. The van der Waals surface area contributed by atoms with Crippen LogP contribution < -0.4 is 19.1 Å². The molecule has 1 fully saturated rings. The van der Waals surface area contributed by atoms with E-state index in [-0.39, 0.29) is 5.91 Å². The van der Waals surface area contributed by atoms with Gasteiger partial charge in [-0.2, -0.15) is 0 Å². The highest BCUT2D eigenvalue weighted by atomic mass is 16.5. The van der Waals surface area contributed by atoms with Crippen LogP contribution in [0.15, 0.2) is 60.7 Å². The number of piperazine rings is 1. The SMILES string of the molecule is CCOc1cccc(OC(C)C(=O)N2CCN(c3ccc(-c4ccccc4OC)nn3)CC2)c1. The lowest BCUT2D eigenvalue weighted by atomic mass is 10.1. The van der Waals surface area contributed by atoms with Gasteiger partial charge in [-0.15, -0.1) is 10.2 Å². The van der Waals surface area contributed by atoms with Crippen molar-refractivity contribution in [3.05, 3.63) is 60.7 Å². The summed E-state index contributed by atoms with van der Waals surface area (Å²) < 4.78 is 16.8. The summed E-state index contributed by atoms with van der Waals surface area (Å²) in [6.07, 6.45) is -0.580. The first kappa shape index (κ1) is 23.4. The standard InChI is InChI=1S/C26H30N4O4/c1-4-33-20-8-7-9-21(18-20)34-19(2)26(31)30-16-14-29(15-17-30)25-13-12-23(27-28-25)22-10-5-6-11-24(22)32-3/h5-13,18-19H,4,14-17H2,1-3H3. The van der Waals surface area contributed by atoms with Crippen molar-refractivity contribution in [3.8, 4) is 28.5 Å². The summed E-state index contributed by atoms with van der Waals surface area (Å²) in [6.45, 7) is 6.85. The van der Waals surface area contributed by atoms with Crippen LogP contribution in [-0.2, 0) is 4.79 Å². The maximum Gasteiger partial charge on any atom is 0.263 e. The molecule has 1 aliphatic heterocycles. The van der Waals surface area contributed by atoms with Gasteiger partial charge in [-0.05, 0) is 50.2 Å². The number of rotatable bonds is 8. The largest absolute Gasteiger partial charge is 0.496 e. The predicted octanol–water partition coefficient (Wildman–Crippen LogP) is 3.67. The third-order valence-corrected chi connectivity index (χ3v) is 5.73. The second-order valence-electron chi connectivity index (χ2n) is 7.96. The lowest BCUT2D eigenvalue weighted by Crippen LogP contribution is -2.52. The van der Waals surface area contributed by atoms with Crippen LogP contribution >= 0.6 is 0 Å². The minimum Gasteiger partial charge on any atom is -0.496 e. The second-order valence-corrected chi connectivity index (χ2v) is 7.96. The number of aromatic nitrogens is 2. The number of methoxy groups -OCH3 is 1. The summed E-state index contributed by atoms with van der Waals surface area (Å²) in [6, 6.07) is 19.0. The maximum atomic E-state index is 12.9. The van der Waals surface area contributed by atoms with Crippen molar-refractivity contribution >= 4 is 11.7 Å². The molecule has 1 aromatic heterocycles. The molecular weight excluding hydrogens is 432 g/mol. The van der Waals surface area contributed by atoms with E-state index in [0.717, 1.165) is 28.6 Å². The first-order valence-electron chi connectivity index (χ1n) is 11.5. The number of carbonyl (C=O) groups is 1. The Balaban J connectivity index is 1.33. The molecule has 8 heteroatoms. The number of nitrogens with zero attached hydrogens (tertiary/aromatic N) is 4. The fourth-order valence-electron chi connectivity index (χ4n) is 3.97. The lowest BCUT2D eigenvalue weighted by Gasteiger charge is -2.36. The van der Waals surface area contributed by atoms with Crippen molar-refractivity contribution < 1.29 is 19.0 Å². The molecule has 0 bridgehead atoms. The molecule has 0 aliphatic carbocycles. The van der Waals surface area contributed by atoms with Crippen LogP contribution in [0, 0.1) is 0 Å². The van der Waals surface area contributed by atoms with Gasteiger partial charge in [0.25, 0.3) is 5.91 Å². The first-order valence-corrected chi connectivity index (χ1v) is 11.5. The Hall–Kier alpha value is -3.81. The molecule has 8 nitrogen and oxygen atoms in total. The van der Waals surface area contributed by atoms with Crippen LogP contribution in [0.25, 0.3) is 11.3 Å². The predicted molar refractivity (Wildman–Crippen MR) is 131 cm³/mol. The normalized spacial score (nSPS) is 14.4. The van der Waals surface area contributed by atoms with E-state index in [1.165, 1.54) is 0 Å². The zero-order chi connectivity index (χ0) is 23.9. The first-order chi connectivity index (χ1) is 16.6. The number of para-hydroxylation sites is 1. The van der Waals surface area contributed by atoms with Crippen molar-refractivity contribution in [3.63, 3.8) is 0 Å². The van der Waals surface area contributed by atoms with Crippen LogP contribution in [0.1, 0.15) is 13.8 Å². The monoisotopic (exact) mass is 462 g/mol. The Bertz CT molecular complexity index is 1100. The number of amides is 1. The van der Waals surface area contributed by atoms with E-state index >= 15 is 0 Å². The molecule has 1 unspecified atom stereocenters. The Morgan fingerprint density at radius 2 is 1.74 bits per heavy atom. The van der Waals surface area contributed by atoms with Gasteiger partial charge in [-0.25, -0.2) is 0 Å². The fourth-order valence-corrected chi connectivity index (χ4v) is 3.97. The smallest absolute Gasteiger partial charge is 0.263 e. The van der Waals surface area contributed by atoms with E-state index in [4.69, 9.17) is 14.2 Å². The lowest BCUT2D eigenvalue weighted by molar-refractivity contribution is -0.138. The van der Waals surface area contributed by atoms with Gasteiger partial charge in [-0.1, -0.05) is 18.2 Å². The molecule has 1 aliphatic rings. The molecular formula is C26H30N4O4. The third-order valence-electron chi connectivity index (χ3n) is 5.73. The summed E-state index contributed by atoms with van der Waals surface area (Å²) in [4.78, 5) is 16.9. The van der Waals surface area contributed by atoms with Crippen LogP contribution in [-0.4, -0.2) is 67.0 Å². The molecule has 0 saturated carbocycles. The van der Waals surface area contributed by atoms with Gasteiger partial charge >= 0.3 is 0 Å². The van der Waals surface area contributed by atoms with Gasteiger partial charge in [0.1, 0.15) is 17.2 Å². The van der Waals surface area contributed by atoms with Gasteiger partial charge in [0, 0.05) is 37.8 Å². The molecule has 2 heterocycles. The van der Waals surface area contributed by atoms with Crippen LogP contribution in [0.3, 0.4) is 0 Å². The number of hydrogen-bond donors (Lipinski definition) is 0. The van der Waals surface area contributed by atoms with Crippen LogP contribution in [0.2, 0.25) is 0 Å². The molecule has 0 N–H and O–H groups in total. The molecule has 2 aromatic carbocycles. The molecule has 3 aromatic rings. The Morgan fingerprint density at radius 3 is 2.44 bits per heavy atom. The molecule has 34 heavy (non-hydrogen) atoms.